The Morgan fingerprint density at radius 2 is 1.89 bits per heavy atom. The van der Waals surface area contributed by atoms with Crippen LogP contribution in [0.25, 0.3) is 5.69 Å². The van der Waals surface area contributed by atoms with Crippen LogP contribution in [0.4, 0.5) is 4.39 Å². The predicted molar refractivity (Wildman–Crippen MR) is 117 cm³/mol. The van der Waals surface area contributed by atoms with Gasteiger partial charge in [0, 0.05) is 25.5 Å². The minimum absolute atomic E-state index is 0. The molecule has 0 unspecified atom stereocenters. The SMILES string of the molecule is CCNC(=NCc1cccc(F)c1)NCc1ccc(-n2cccn2)cc1.I. The van der Waals surface area contributed by atoms with Crippen molar-refractivity contribution in [3.63, 3.8) is 0 Å². The molecule has 0 amide bonds. The summed E-state index contributed by atoms with van der Waals surface area (Å²) in [5, 5.41) is 10.7. The van der Waals surface area contributed by atoms with E-state index in [9.17, 15) is 4.39 Å². The monoisotopic (exact) mass is 479 g/mol. The number of nitrogens with one attached hydrogen (secondary N) is 2. The first kappa shape index (κ1) is 20.9. The third-order valence-electron chi connectivity index (χ3n) is 3.82. The molecule has 27 heavy (non-hydrogen) atoms. The summed E-state index contributed by atoms with van der Waals surface area (Å²) in [7, 11) is 0. The molecule has 142 valence electrons. The van der Waals surface area contributed by atoms with E-state index in [-0.39, 0.29) is 29.8 Å². The fourth-order valence-electron chi connectivity index (χ4n) is 2.52. The van der Waals surface area contributed by atoms with E-state index in [0.717, 1.165) is 23.4 Å². The standard InChI is InChI=1S/C20H22FN5.HI/c1-2-22-20(24-15-17-5-3-6-18(21)13-17)23-14-16-7-9-19(10-8-16)26-12-4-11-25-26;/h3-13H,2,14-15H2,1H3,(H2,22,23,24);1H. The zero-order valence-corrected chi connectivity index (χ0v) is 17.4. The second kappa shape index (κ2) is 10.7. The number of aromatic nitrogens is 2. The van der Waals surface area contributed by atoms with E-state index in [0.29, 0.717) is 19.0 Å². The van der Waals surface area contributed by atoms with Gasteiger partial charge in [-0.25, -0.2) is 14.1 Å². The highest BCUT2D eigenvalue weighted by molar-refractivity contribution is 14.0. The molecule has 0 bridgehead atoms. The minimum Gasteiger partial charge on any atom is -0.357 e. The summed E-state index contributed by atoms with van der Waals surface area (Å²) in [5.41, 5.74) is 2.99. The van der Waals surface area contributed by atoms with Gasteiger partial charge >= 0.3 is 0 Å². The van der Waals surface area contributed by atoms with E-state index < -0.39 is 0 Å². The molecule has 3 aromatic rings. The van der Waals surface area contributed by atoms with Crippen LogP contribution < -0.4 is 10.6 Å². The van der Waals surface area contributed by atoms with E-state index in [1.54, 1.807) is 12.3 Å². The largest absolute Gasteiger partial charge is 0.357 e. The Bertz CT molecular complexity index is 847. The Labute approximate surface area is 175 Å². The average Bonchev–Trinajstić information content (AvgIpc) is 3.19. The van der Waals surface area contributed by atoms with Gasteiger partial charge < -0.3 is 10.6 Å². The quantitative estimate of drug-likeness (QED) is 0.321. The molecule has 5 nitrogen and oxygen atoms in total. The van der Waals surface area contributed by atoms with Crippen LogP contribution in [-0.2, 0) is 13.1 Å². The lowest BCUT2D eigenvalue weighted by Crippen LogP contribution is -2.36. The van der Waals surface area contributed by atoms with E-state index in [2.05, 4.69) is 32.9 Å². The topological polar surface area (TPSA) is 54.2 Å². The van der Waals surface area contributed by atoms with Crippen LogP contribution in [0.15, 0.2) is 72.0 Å². The second-order valence-electron chi connectivity index (χ2n) is 5.80. The van der Waals surface area contributed by atoms with Crippen molar-refractivity contribution in [1.29, 1.82) is 0 Å². The smallest absolute Gasteiger partial charge is 0.191 e. The molecular formula is C20H23FIN5. The molecule has 0 atom stereocenters. The number of benzene rings is 2. The zero-order chi connectivity index (χ0) is 18.2. The summed E-state index contributed by atoms with van der Waals surface area (Å²) in [5.74, 6) is 0.459. The first-order chi connectivity index (χ1) is 12.7. The highest BCUT2D eigenvalue weighted by atomic mass is 127. The third-order valence-corrected chi connectivity index (χ3v) is 3.82. The van der Waals surface area contributed by atoms with Crippen LogP contribution in [-0.4, -0.2) is 22.3 Å². The van der Waals surface area contributed by atoms with Crippen molar-refractivity contribution in [2.45, 2.75) is 20.0 Å². The van der Waals surface area contributed by atoms with E-state index in [1.165, 1.54) is 12.1 Å². The molecular weight excluding hydrogens is 456 g/mol. The first-order valence-corrected chi connectivity index (χ1v) is 8.60. The summed E-state index contributed by atoms with van der Waals surface area (Å²) in [6.45, 7) is 3.84. The minimum atomic E-state index is -0.243. The maximum atomic E-state index is 13.3. The van der Waals surface area contributed by atoms with Crippen molar-refractivity contribution in [2.24, 2.45) is 4.99 Å². The van der Waals surface area contributed by atoms with Crippen molar-refractivity contribution in [2.75, 3.05) is 6.54 Å². The van der Waals surface area contributed by atoms with Gasteiger partial charge in [-0.15, -0.1) is 24.0 Å². The van der Waals surface area contributed by atoms with Crippen LogP contribution in [0.5, 0.6) is 0 Å². The lowest BCUT2D eigenvalue weighted by atomic mass is 10.2. The van der Waals surface area contributed by atoms with Gasteiger partial charge in [0.2, 0.25) is 0 Å². The van der Waals surface area contributed by atoms with Gasteiger partial charge in [-0.2, -0.15) is 5.10 Å². The van der Waals surface area contributed by atoms with Crippen LogP contribution in [0.1, 0.15) is 18.1 Å². The normalized spacial score (nSPS) is 11.0. The predicted octanol–water partition coefficient (Wildman–Crippen LogP) is 3.88. The summed E-state index contributed by atoms with van der Waals surface area (Å²) < 4.78 is 15.1. The molecule has 1 aromatic heterocycles. The first-order valence-electron chi connectivity index (χ1n) is 8.60. The molecule has 0 spiro atoms. The highest BCUT2D eigenvalue weighted by Gasteiger charge is 2.01. The molecule has 1 heterocycles. The molecule has 2 aromatic carbocycles. The maximum Gasteiger partial charge on any atom is 0.191 e. The van der Waals surface area contributed by atoms with Gasteiger partial charge in [-0.3, -0.25) is 0 Å². The molecule has 2 N–H and O–H groups in total. The summed E-state index contributed by atoms with van der Waals surface area (Å²) in [6.07, 6.45) is 3.67. The number of hydrogen-bond acceptors (Lipinski definition) is 2. The molecule has 0 saturated carbocycles. The number of halogens is 2. The van der Waals surface area contributed by atoms with Crippen LogP contribution >= 0.6 is 24.0 Å². The molecule has 0 saturated heterocycles. The molecule has 0 aliphatic rings. The maximum absolute atomic E-state index is 13.3. The van der Waals surface area contributed by atoms with Gasteiger partial charge in [-0.05, 0) is 48.4 Å². The fraction of sp³-hybridized carbons (Fsp3) is 0.200. The Hall–Kier alpha value is -2.42. The molecule has 0 aliphatic heterocycles. The molecule has 3 rings (SSSR count). The molecule has 0 fully saturated rings. The third kappa shape index (κ3) is 6.35. The second-order valence-corrected chi connectivity index (χ2v) is 5.80. The van der Waals surface area contributed by atoms with Crippen molar-refractivity contribution in [1.82, 2.24) is 20.4 Å². The van der Waals surface area contributed by atoms with E-state index in [4.69, 9.17) is 0 Å². The molecule has 7 heteroatoms. The van der Waals surface area contributed by atoms with Gasteiger partial charge in [0.25, 0.3) is 0 Å². The number of hydrogen-bond donors (Lipinski definition) is 2. The van der Waals surface area contributed by atoms with E-state index in [1.807, 2.05) is 42.1 Å². The lowest BCUT2D eigenvalue weighted by Gasteiger charge is -2.12. The lowest BCUT2D eigenvalue weighted by molar-refractivity contribution is 0.625. The fourth-order valence-corrected chi connectivity index (χ4v) is 2.52. The van der Waals surface area contributed by atoms with Crippen LogP contribution in [0, 0.1) is 5.82 Å². The number of nitrogens with zero attached hydrogens (tertiary/aromatic N) is 3. The highest BCUT2D eigenvalue weighted by Crippen LogP contribution is 2.08. The Morgan fingerprint density at radius 1 is 1.07 bits per heavy atom. The van der Waals surface area contributed by atoms with E-state index >= 15 is 0 Å². The number of guanidine groups is 1. The average molecular weight is 479 g/mol. The Kier molecular flexibility index (Phi) is 8.25. The van der Waals surface area contributed by atoms with Crippen molar-refractivity contribution < 1.29 is 4.39 Å². The van der Waals surface area contributed by atoms with Gasteiger partial charge in [-0.1, -0.05) is 24.3 Å². The summed E-state index contributed by atoms with van der Waals surface area (Å²) >= 11 is 0. The van der Waals surface area contributed by atoms with Crippen molar-refractivity contribution in [3.05, 3.63) is 83.9 Å². The van der Waals surface area contributed by atoms with Crippen LogP contribution in [0.3, 0.4) is 0 Å². The molecule has 0 aliphatic carbocycles. The Morgan fingerprint density at radius 3 is 2.56 bits per heavy atom. The van der Waals surface area contributed by atoms with Crippen molar-refractivity contribution in [3.8, 4) is 5.69 Å². The van der Waals surface area contributed by atoms with Gasteiger partial charge in [0.15, 0.2) is 5.96 Å². The zero-order valence-electron chi connectivity index (χ0n) is 15.1. The van der Waals surface area contributed by atoms with Crippen molar-refractivity contribution >= 4 is 29.9 Å². The number of rotatable bonds is 6. The van der Waals surface area contributed by atoms with Gasteiger partial charge in [0.1, 0.15) is 5.82 Å². The summed E-state index contributed by atoms with van der Waals surface area (Å²) in [6, 6.07) is 16.6. The van der Waals surface area contributed by atoms with Crippen LogP contribution in [0.2, 0.25) is 0 Å². The van der Waals surface area contributed by atoms with Gasteiger partial charge in [0.05, 0.1) is 12.2 Å². The Balaban J connectivity index is 0.00000261. The summed E-state index contributed by atoms with van der Waals surface area (Å²) in [4.78, 5) is 4.51. The number of aliphatic imine (C=N–C) groups is 1. The molecule has 0 radical (unpaired) electrons.